The van der Waals surface area contributed by atoms with Gasteiger partial charge in [-0.2, -0.15) is 5.48 Å². The fraction of sp³-hybridized carbons (Fsp3) is 0.800. The van der Waals surface area contributed by atoms with Crippen molar-refractivity contribution in [2.24, 2.45) is 0 Å². The van der Waals surface area contributed by atoms with Gasteiger partial charge in [-0.25, -0.2) is 4.79 Å². The van der Waals surface area contributed by atoms with Crippen LogP contribution in [0.1, 0.15) is 19.8 Å². The SMILES string of the molecule is CCO[C@@H]1C[C@@](CC(=O)OC)(C(=O)OC)NO1. The summed E-state index contributed by atoms with van der Waals surface area (Å²) in [5.74, 6) is -1.10. The normalized spacial score (nSPS) is 27.8. The van der Waals surface area contributed by atoms with E-state index in [1.807, 2.05) is 6.92 Å². The van der Waals surface area contributed by atoms with Gasteiger partial charge in [0.2, 0.25) is 0 Å². The number of hydrogen-bond donors (Lipinski definition) is 1. The van der Waals surface area contributed by atoms with E-state index in [-0.39, 0.29) is 12.8 Å². The molecule has 1 aliphatic heterocycles. The molecule has 0 aromatic heterocycles. The number of hydroxylamine groups is 1. The van der Waals surface area contributed by atoms with Crippen molar-refractivity contribution in [1.82, 2.24) is 5.48 Å². The number of ether oxygens (including phenoxy) is 3. The molecule has 0 amide bonds. The van der Waals surface area contributed by atoms with Gasteiger partial charge in [0.1, 0.15) is 0 Å². The lowest BCUT2D eigenvalue weighted by Gasteiger charge is -2.22. The summed E-state index contributed by atoms with van der Waals surface area (Å²) in [7, 11) is 2.50. The second-order valence-electron chi connectivity index (χ2n) is 3.64. The fourth-order valence-electron chi connectivity index (χ4n) is 1.64. The van der Waals surface area contributed by atoms with Crippen molar-refractivity contribution in [3.63, 3.8) is 0 Å². The lowest BCUT2D eigenvalue weighted by atomic mass is 9.93. The summed E-state index contributed by atoms with van der Waals surface area (Å²) in [6, 6.07) is 0. The van der Waals surface area contributed by atoms with Crippen LogP contribution in [0.5, 0.6) is 0 Å². The molecule has 0 spiro atoms. The van der Waals surface area contributed by atoms with Gasteiger partial charge in [-0.05, 0) is 6.92 Å². The van der Waals surface area contributed by atoms with Crippen molar-refractivity contribution in [2.45, 2.75) is 31.6 Å². The minimum atomic E-state index is -1.23. The first-order valence-electron chi connectivity index (χ1n) is 5.27. The molecule has 7 heteroatoms. The van der Waals surface area contributed by atoms with Crippen LogP contribution in [0.25, 0.3) is 0 Å². The van der Waals surface area contributed by atoms with Gasteiger partial charge in [0, 0.05) is 13.0 Å². The minimum Gasteiger partial charge on any atom is -0.469 e. The molecule has 1 heterocycles. The third-order valence-corrected chi connectivity index (χ3v) is 2.50. The van der Waals surface area contributed by atoms with E-state index < -0.39 is 23.8 Å². The van der Waals surface area contributed by atoms with Gasteiger partial charge in [-0.1, -0.05) is 0 Å². The molecule has 1 fully saturated rings. The molecule has 1 N–H and O–H groups in total. The summed E-state index contributed by atoms with van der Waals surface area (Å²) >= 11 is 0. The van der Waals surface area contributed by atoms with Gasteiger partial charge in [0.05, 0.1) is 20.6 Å². The Bertz CT molecular complexity index is 295. The van der Waals surface area contributed by atoms with Gasteiger partial charge in [-0.15, -0.1) is 0 Å². The summed E-state index contributed by atoms with van der Waals surface area (Å²) in [5, 5.41) is 0. The molecule has 7 nitrogen and oxygen atoms in total. The fourth-order valence-corrected chi connectivity index (χ4v) is 1.64. The molecule has 0 bridgehead atoms. The van der Waals surface area contributed by atoms with Crippen LogP contribution in [0, 0.1) is 0 Å². The van der Waals surface area contributed by atoms with Crippen LogP contribution in [0.2, 0.25) is 0 Å². The Morgan fingerprint density at radius 2 is 2.12 bits per heavy atom. The Morgan fingerprint density at radius 1 is 1.41 bits per heavy atom. The standard InChI is InChI=1S/C10H17NO6/c1-4-16-8-6-10(11-17-8,9(13)15-3)5-7(12)14-2/h8,11H,4-6H2,1-3H3/t8-,10-/m0/s1. The van der Waals surface area contributed by atoms with Crippen molar-refractivity contribution in [3.8, 4) is 0 Å². The zero-order chi connectivity index (χ0) is 12.9. The molecule has 0 aromatic rings. The van der Waals surface area contributed by atoms with E-state index in [1.165, 1.54) is 14.2 Å². The monoisotopic (exact) mass is 247 g/mol. The van der Waals surface area contributed by atoms with Crippen LogP contribution in [0.4, 0.5) is 0 Å². The highest BCUT2D eigenvalue weighted by molar-refractivity contribution is 5.87. The number of esters is 2. The number of nitrogens with one attached hydrogen (secondary N) is 1. The third kappa shape index (κ3) is 3.15. The predicted octanol–water partition coefficient (Wildman–Crippen LogP) is -0.251. The first-order valence-corrected chi connectivity index (χ1v) is 5.27. The number of hydrogen-bond acceptors (Lipinski definition) is 7. The van der Waals surface area contributed by atoms with E-state index in [2.05, 4.69) is 15.0 Å². The molecule has 1 saturated heterocycles. The summed E-state index contributed by atoms with van der Waals surface area (Å²) in [6.45, 7) is 2.25. The maximum atomic E-state index is 11.7. The second kappa shape index (κ2) is 5.95. The molecule has 0 radical (unpaired) electrons. The average Bonchev–Trinajstić information content (AvgIpc) is 2.73. The van der Waals surface area contributed by atoms with Crippen LogP contribution < -0.4 is 5.48 Å². The first-order chi connectivity index (χ1) is 8.07. The molecule has 98 valence electrons. The van der Waals surface area contributed by atoms with Crippen LogP contribution in [0.15, 0.2) is 0 Å². The van der Waals surface area contributed by atoms with Gasteiger partial charge < -0.3 is 14.2 Å². The Labute approximate surface area is 99.3 Å². The number of carbonyl (C=O) groups is 2. The van der Waals surface area contributed by atoms with Crippen molar-refractivity contribution in [2.75, 3.05) is 20.8 Å². The maximum absolute atomic E-state index is 11.7. The van der Waals surface area contributed by atoms with E-state index >= 15 is 0 Å². The van der Waals surface area contributed by atoms with E-state index in [0.717, 1.165) is 0 Å². The zero-order valence-corrected chi connectivity index (χ0v) is 10.1. The molecule has 1 rings (SSSR count). The van der Waals surface area contributed by atoms with Crippen molar-refractivity contribution < 1.29 is 28.6 Å². The Balaban J connectivity index is 2.75. The van der Waals surface area contributed by atoms with Crippen LogP contribution in [-0.2, 0) is 28.6 Å². The average molecular weight is 247 g/mol. The first kappa shape index (κ1) is 13.9. The molecule has 17 heavy (non-hydrogen) atoms. The summed E-state index contributed by atoms with van der Waals surface area (Å²) in [4.78, 5) is 28.1. The topological polar surface area (TPSA) is 83.1 Å². The van der Waals surface area contributed by atoms with Crippen molar-refractivity contribution in [3.05, 3.63) is 0 Å². The number of rotatable bonds is 5. The highest BCUT2D eigenvalue weighted by Gasteiger charge is 2.50. The van der Waals surface area contributed by atoms with Crippen LogP contribution in [0.3, 0.4) is 0 Å². The molecule has 0 aromatic carbocycles. The quantitative estimate of drug-likeness (QED) is 0.670. The van der Waals surface area contributed by atoms with Crippen molar-refractivity contribution >= 4 is 11.9 Å². The van der Waals surface area contributed by atoms with E-state index in [0.29, 0.717) is 6.61 Å². The molecular formula is C10H17NO6. The summed E-state index contributed by atoms with van der Waals surface area (Å²) in [5.41, 5.74) is 1.29. The highest BCUT2D eigenvalue weighted by Crippen LogP contribution is 2.28. The van der Waals surface area contributed by atoms with Gasteiger partial charge in [0.15, 0.2) is 11.8 Å². The van der Waals surface area contributed by atoms with Gasteiger partial charge >= 0.3 is 11.9 Å². The number of methoxy groups -OCH3 is 2. The van der Waals surface area contributed by atoms with E-state index in [4.69, 9.17) is 9.57 Å². The zero-order valence-electron chi connectivity index (χ0n) is 10.1. The molecule has 2 atom stereocenters. The second-order valence-corrected chi connectivity index (χ2v) is 3.64. The maximum Gasteiger partial charge on any atom is 0.329 e. The third-order valence-electron chi connectivity index (χ3n) is 2.50. The largest absolute Gasteiger partial charge is 0.469 e. The molecular weight excluding hydrogens is 230 g/mol. The van der Waals surface area contributed by atoms with Crippen LogP contribution in [-0.4, -0.2) is 44.6 Å². The Kier molecular flexibility index (Phi) is 4.86. The molecule has 0 unspecified atom stereocenters. The number of carbonyl (C=O) groups excluding carboxylic acids is 2. The predicted molar refractivity (Wildman–Crippen MR) is 55.6 cm³/mol. The van der Waals surface area contributed by atoms with Gasteiger partial charge in [-0.3, -0.25) is 9.63 Å². The molecule has 0 aliphatic carbocycles. The molecule has 0 saturated carbocycles. The van der Waals surface area contributed by atoms with Crippen LogP contribution >= 0.6 is 0 Å². The lowest BCUT2D eigenvalue weighted by molar-refractivity contribution is -0.161. The van der Waals surface area contributed by atoms with Gasteiger partial charge in [0.25, 0.3) is 0 Å². The van der Waals surface area contributed by atoms with Crippen molar-refractivity contribution in [1.29, 1.82) is 0 Å². The lowest BCUT2D eigenvalue weighted by Crippen LogP contribution is -2.49. The minimum absolute atomic E-state index is 0.167. The Hall–Kier alpha value is -1.18. The molecule has 1 aliphatic rings. The summed E-state index contributed by atoms with van der Waals surface area (Å²) < 4.78 is 14.4. The highest BCUT2D eigenvalue weighted by atomic mass is 16.8. The Morgan fingerprint density at radius 3 is 2.65 bits per heavy atom. The van der Waals surface area contributed by atoms with E-state index in [1.54, 1.807) is 0 Å². The smallest absolute Gasteiger partial charge is 0.329 e. The van der Waals surface area contributed by atoms with E-state index in [9.17, 15) is 9.59 Å². The summed E-state index contributed by atoms with van der Waals surface area (Å²) in [6.07, 6.45) is -0.550.